The van der Waals surface area contributed by atoms with Crippen LogP contribution in [-0.2, 0) is 24.3 Å². The molecule has 1 N–H and O–H groups in total. The first-order chi connectivity index (χ1) is 14.3. The van der Waals surface area contributed by atoms with Crippen LogP contribution in [0.1, 0.15) is 17.3 Å². The molecule has 10 heteroatoms. The van der Waals surface area contributed by atoms with E-state index in [1.807, 2.05) is 0 Å². The van der Waals surface area contributed by atoms with Crippen molar-refractivity contribution in [1.29, 1.82) is 0 Å². The van der Waals surface area contributed by atoms with E-state index in [0.717, 1.165) is 0 Å². The summed E-state index contributed by atoms with van der Waals surface area (Å²) in [5.41, 5.74) is 0.0598. The van der Waals surface area contributed by atoms with Gasteiger partial charge in [-0.25, -0.2) is 17.6 Å². The highest BCUT2D eigenvalue weighted by atomic mass is 32.2. The number of sulfonamides is 1. The summed E-state index contributed by atoms with van der Waals surface area (Å²) in [6.45, 7) is 2.54. The van der Waals surface area contributed by atoms with Crippen molar-refractivity contribution >= 4 is 27.6 Å². The van der Waals surface area contributed by atoms with Crippen LogP contribution < -0.4 is 5.32 Å². The van der Waals surface area contributed by atoms with Crippen LogP contribution in [0.25, 0.3) is 0 Å². The number of anilines is 1. The molecule has 1 aliphatic rings. The fourth-order valence-corrected chi connectivity index (χ4v) is 4.19. The van der Waals surface area contributed by atoms with Crippen LogP contribution in [0.4, 0.5) is 10.1 Å². The van der Waals surface area contributed by atoms with E-state index in [4.69, 9.17) is 9.47 Å². The molecular formula is C20H21FN2O6S. The lowest BCUT2D eigenvalue weighted by atomic mass is 10.2. The fourth-order valence-electron chi connectivity index (χ4n) is 2.78. The number of ether oxygens (including phenoxy) is 2. The van der Waals surface area contributed by atoms with Crippen LogP contribution in [-0.4, -0.2) is 57.0 Å². The maximum absolute atomic E-state index is 13.6. The number of benzene rings is 2. The molecule has 1 fully saturated rings. The summed E-state index contributed by atoms with van der Waals surface area (Å²) < 4.78 is 50.4. The first-order valence-electron chi connectivity index (χ1n) is 9.23. The molecule has 0 aliphatic carbocycles. The summed E-state index contributed by atoms with van der Waals surface area (Å²) in [6.07, 6.45) is -1.19. The molecule has 8 nitrogen and oxygen atoms in total. The molecule has 3 rings (SSSR count). The fraction of sp³-hybridized carbons (Fsp3) is 0.300. The molecule has 1 unspecified atom stereocenters. The number of hydrogen-bond acceptors (Lipinski definition) is 6. The van der Waals surface area contributed by atoms with Crippen molar-refractivity contribution in [3.63, 3.8) is 0 Å². The largest absolute Gasteiger partial charge is 0.449 e. The van der Waals surface area contributed by atoms with Gasteiger partial charge in [-0.3, -0.25) is 4.79 Å². The minimum Gasteiger partial charge on any atom is -0.449 e. The number of hydrogen-bond donors (Lipinski definition) is 1. The van der Waals surface area contributed by atoms with Crippen molar-refractivity contribution in [3.8, 4) is 0 Å². The van der Waals surface area contributed by atoms with Crippen LogP contribution in [0, 0.1) is 5.82 Å². The smallest absolute Gasteiger partial charge is 0.338 e. The van der Waals surface area contributed by atoms with E-state index in [1.54, 1.807) is 6.07 Å². The maximum Gasteiger partial charge on any atom is 0.338 e. The van der Waals surface area contributed by atoms with Gasteiger partial charge in [-0.15, -0.1) is 0 Å². The first kappa shape index (κ1) is 21.9. The molecule has 1 saturated heterocycles. The highest BCUT2D eigenvalue weighted by Gasteiger charge is 2.27. The van der Waals surface area contributed by atoms with Gasteiger partial charge < -0.3 is 14.8 Å². The van der Waals surface area contributed by atoms with E-state index in [9.17, 15) is 22.4 Å². The molecule has 0 aromatic heterocycles. The number of nitrogens with one attached hydrogen (secondary N) is 1. The first-order valence-corrected chi connectivity index (χ1v) is 10.7. The van der Waals surface area contributed by atoms with Crippen LogP contribution >= 0.6 is 0 Å². The second kappa shape index (κ2) is 9.33. The molecule has 1 aliphatic heterocycles. The summed E-state index contributed by atoms with van der Waals surface area (Å²) >= 11 is 0. The molecule has 1 atom stereocenters. The molecule has 0 bridgehead atoms. The summed E-state index contributed by atoms with van der Waals surface area (Å²) in [7, 11) is -3.68. The third kappa shape index (κ3) is 5.02. The predicted molar refractivity (Wildman–Crippen MR) is 106 cm³/mol. The molecule has 2 aromatic carbocycles. The average molecular weight is 436 g/mol. The van der Waals surface area contributed by atoms with Crippen molar-refractivity contribution in [2.45, 2.75) is 17.9 Å². The molecule has 0 saturated carbocycles. The van der Waals surface area contributed by atoms with Gasteiger partial charge in [0.2, 0.25) is 10.0 Å². The van der Waals surface area contributed by atoms with Crippen LogP contribution in [0.15, 0.2) is 53.4 Å². The van der Waals surface area contributed by atoms with E-state index < -0.39 is 33.8 Å². The Morgan fingerprint density at radius 3 is 2.37 bits per heavy atom. The topological polar surface area (TPSA) is 102 Å². The SMILES string of the molecule is CC(OC(=O)c1ccc(S(=O)(=O)N2CCOCC2)cc1)C(=O)Nc1ccccc1F. The van der Waals surface area contributed by atoms with Gasteiger partial charge in [-0.1, -0.05) is 12.1 Å². The Labute approximate surface area is 173 Å². The van der Waals surface area contributed by atoms with Crippen molar-refractivity contribution in [3.05, 3.63) is 59.9 Å². The van der Waals surface area contributed by atoms with Gasteiger partial charge in [-0.05, 0) is 43.3 Å². The number of carbonyl (C=O) groups is 2. The van der Waals surface area contributed by atoms with E-state index in [2.05, 4.69) is 5.32 Å². The van der Waals surface area contributed by atoms with Gasteiger partial charge in [0, 0.05) is 13.1 Å². The normalized spacial score (nSPS) is 15.9. The third-order valence-electron chi connectivity index (χ3n) is 4.48. The molecular weight excluding hydrogens is 415 g/mol. The van der Waals surface area contributed by atoms with E-state index >= 15 is 0 Å². The number of esters is 1. The maximum atomic E-state index is 13.6. The minimum atomic E-state index is -3.68. The number of para-hydroxylation sites is 1. The zero-order valence-corrected chi connectivity index (χ0v) is 17.0. The number of amides is 1. The highest BCUT2D eigenvalue weighted by Crippen LogP contribution is 2.19. The Kier molecular flexibility index (Phi) is 6.80. The molecule has 160 valence electrons. The average Bonchev–Trinajstić information content (AvgIpc) is 2.76. The quantitative estimate of drug-likeness (QED) is 0.696. The van der Waals surface area contributed by atoms with Gasteiger partial charge in [0.25, 0.3) is 5.91 Å². The van der Waals surface area contributed by atoms with Crippen molar-refractivity contribution in [1.82, 2.24) is 4.31 Å². The zero-order valence-electron chi connectivity index (χ0n) is 16.2. The second-order valence-corrected chi connectivity index (χ2v) is 8.50. The Balaban J connectivity index is 1.62. The molecule has 30 heavy (non-hydrogen) atoms. The Hall–Kier alpha value is -2.82. The molecule has 2 aromatic rings. The lowest BCUT2D eigenvalue weighted by Gasteiger charge is -2.26. The molecule has 1 heterocycles. The van der Waals surface area contributed by atoms with E-state index in [-0.39, 0.29) is 29.2 Å². The van der Waals surface area contributed by atoms with Gasteiger partial charge in [0.1, 0.15) is 5.82 Å². The molecule has 0 radical (unpaired) electrons. The zero-order chi connectivity index (χ0) is 21.7. The lowest BCUT2D eigenvalue weighted by Crippen LogP contribution is -2.40. The lowest BCUT2D eigenvalue weighted by molar-refractivity contribution is -0.123. The second-order valence-electron chi connectivity index (χ2n) is 6.56. The van der Waals surface area contributed by atoms with Crippen LogP contribution in [0.2, 0.25) is 0 Å². The number of halogens is 1. The summed E-state index contributed by atoms with van der Waals surface area (Å²) in [5.74, 6) is -2.11. The van der Waals surface area contributed by atoms with Gasteiger partial charge in [0.15, 0.2) is 6.10 Å². The van der Waals surface area contributed by atoms with Crippen LogP contribution in [0.5, 0.6) is 0 Å². The minimum absolute atomic E-state index is 0.0249. The third-order valence-corrected chi connectivity index (χ3v) is 6.40. The standard InChI is InChI=1S/C20H21FN2O6S/c1-14(19(24)22-18-5-3-2-4-17(18)21)29-20(25)15-6-8-16(9-7-15)30(26,27)23-10-12-28-13-11-23/h2-9,14H,10-13H2,1H3,(H,22,24). The molecule has 1 amide bonds. The van der Waals surface area contributed by atoms with Gasteiger partial charge >= 0.3 is 5.97 Å². The number of rotatable bonds is 6. The Bertz CT molecular complexity index is 1020. The Morgan fingerprint density at radius 2 is 1.73 bits per heavy atom. The summed E-state index contributed by atoms with van der Waals surface area (Å²) in [6, 6.07) is 10.9. The van der Waals surface area contributed by atoms with E-state index in [1.165, 1.54) is 53.7 Å². The summed E-state index contributed by atoms with van der Waals surface area (Å²) in [5, 5.41) is 2.35. The van der Waals surface area contributed by atoms with Gasteiger partial charge in [0.05, 0.1) is 29.4 Å². The summed E-state index contributed by atoms with van der Waals surface area (Å²) in [4.78, 5) is 24.5. The highest BCUT2D eigenvalue weighted by molar-refractivity contribution is 7.89. The van der Waals surface area contributed by atoms with Crippen molar-refractivity contribution < 1.29 is 31.9 Å². The number of morpholine rings is 1. The van der Waals surface area contributed by atoms with Crippen molar-refractivity contribution in [2.75, 3.05) is 31.6 Å². The Morgan fingerprint density at radius 1 is 1.10 bits per heavy atom. The predicted octanol–water partition coefficient (Wildman–Crippen LogP) is 2.03. The van der Waals surface area contributed by atoms with Crippen molar-refractivity contribution in [2.24, 2.45) is 0 Å². The monoisotopic (exact) mass is 436 g/mol. The van der Waals surface area contributed by atoms with E-state index in [0.29, 0.717) is 13.2 Å². The number of nitrogens with zero attached hydrogens (tertiary/aromatic N) is 1. The molecule has 0 spiro atoms. The van der Waals surface area contributed by atoms with Crippen LogP contribution in [0.3, 0.4) is 0 Å². The van der Waals surface area contributed by atoms with Gasteiger partial charge in [-0.2, -0.15) is 4.31 Å². The number of carbonyl (C=O) groups excluding carboxylic acids is 2.